The first-order chi connectivity index (χ1) is 8.08. The summed E-state index contributed by atoms with van der Waals surface area (Å²) in [5.74, 6) is 0. The van der Waals surface area contributed by atoms with Crippen molar-refractivity contribution >= 4 is 21.6 Å². The minimum atomic E-state index is -0.454. The Morgan fingerprint density at radius 2 is 2.06 bits per heavy atom. The molecule has 0 bridgehead atoms. The number of anilines is 1. The second-order valence-electron chi connectivity index (χ2n) is 4.73. The third kappa shape index (κ3) is 3.00. The van der Waals surface area contributed by atoms with Crippen molar-refractivity contribution in [1.82, 2.24) is 4.90 Å². The fourth-order valence-electron chi connectivity index (χ4n) is 2.25. The molecule has 3 nitrogen and oxygen atoms in total. The molecule has 3 N–H and O–H groups in total. The lowest BCUT2D eigenvalue weighted by Crippen LogP contribution is -2.19. The Balaban J connectivity index is 2.24. The van der Waals surface area contributed by atoms with E-state index in [4.69, 9.17) is 5.73 Å². The second-order valence-corrected chi connectivity index (χ2v) is 5.59. The summed E-state index contributed by atoms with van der Waals surface area (Å²) in [6.45, 7) is 4.95. The fourth-order valence-corrected chi connectivity index (χ4v) is 2.77. The van der Waals surface area contributed by atoms with Gasteiger partial charge in [0, 0.05) is 11.0 Å². The van der Waals surface area contributed by atoms with Gasteiger partial charge < -0.3 is 10.8 Å². The third-order valence-electron chi connectivity index (χ3n) is 3.31. The van der Waals surface area contributed by atoms with Crippen molar-refractivity contribution < 1.29 is 5.11 Å². The molecule has 1 fully saturated rings. The number of rotatable bonds is 3. The molecular formula is C13H19BrN2O. The molecule has 94 valence electrons. The van der Waals surface area contributed by atoms with Crippen LogP contribution in [0.4, 0.5) is 5.69 Å². The van der Waals surface area contributed by atoms with E-state index in [0.717, 1.165) is 40.9 Å². The van der Waals surface area contributed by atoms with E-state index in [1.54, 1.807) is 6.92 Å². The summed E-state index contributed by atoms with van der Waals surface area (Å²) in [7, 11) is 0. The summed E-state index contributed by atoms with van der Waals surface area (Å²) in [5.41, 5.74) is 8.89. The van der Waals surface area contributed by atoms with Crippen molar-refractivity contribution in [3.63, 3.8) is 0 Å². The van der Waals surface area contributed by atoms with Crippen molar-refractivity contribution in [1.29, 1.82) is 0 Å². The first kappa shape index (κ1) is 12.9. The molecule has 1 saturated heterocycles. The normalized spacial score (nSPS) is 18.5. The van der Waals surface area contributed by atoms with Crippen molar-refractivity contribution in [2.45, 2.75) is 32.4 Å². The number of aliphatic hydroxyl groups is 1. The molecule has 1 aromatic carbocycles. The molecule has 1 aliphatic rings. The van der Waals surface area contributed by atoms with Crippen molar-refractivity contribution in [3.05, 3.63) is 27.7 Å². The number of nitrogen functional groups attached to an aromatic ring is 1. The van der Waals surface area contributed by atoms with Crippen LogP contribution in [0.25, 0.3) is 0 Å². The maximum atomic E-state index is 9.65. The Bertz CT molecular complexity index is 401. The highest BCUT2D eigenvalue weighted by Crippen LogP contribution is 2.29. The number of nitrogens with zero attached hydrogens (tertiary/aromatic N) is 1. The quantitative estimate of drug-likeness (QED) is 0.844. The maximum absolute atomic E-state index is 9.65. The number of hydrogen-bond acceptors (Lipinski definition) is 3. The molecule has 0 aliphatic carbocycles. The van der Waals surface area contributed by atoms with Crippen LogP contribution < -0.4 is 5.73 Å². The molecule has 0 spiro atoms. The zero-order chi connectivity index (χ0) is 12.4. The van der Waals surface area contributed by atoms with Gasteiger partial charge in [-0.15, -0.1) is 0 Å². The van der Waals surface area contributed by atoms with Gasteiger partial charge in [0.25, 0.3) is 0 Å². The van der Waals surface area contributed by atoms with Crippen LogP contribution in [0.3, 0.4) is 0 Å². The van der Waals surface area contributed by atoms with E-state index in [1.165, 1.54) is 12.8 Å². The molecule has 1 aromatic rings. The van der Waals surface area contributed by atoms with Crippen LogP contribution >= 0.6 is 15.9 Å². The Morgan fingerprint density at radius 3 is 2.65 bits per heavy atom. The van der Waals surface area contributed by atoms with E-state index in [2.05, 4.69) is 20.8 Å². The van der Waals surface area contributed by atoms with E-state index >= 15 is 0 Å². The zero-order valence-electron chi connectivity index (χ0n) is 10.1. The van der Waals surface area contributed by atoms with Gasteiger partial charge in [0.1, 0.15) is 0 Å². The standard InChI is InChI=1S/C13H19BrN2O/c1-9(17)10-6-11(13(15)12(14)7-10)8-16-4-2-3-5-16/h6-7,9,17H,2-5,8,15H2,1H3. The average Bonchev–Trinajstić information content (AvgIpc) is 2.77. The Morgan fingerprint density at radius 1 is 1.41 bits per heavy atom. The van der Waals surface area contributed by atoms with Gasteiger partial charge in [-0.1, -0.05) is 0 Å². The monoisotopic (exact) mass is 298 g/mol. The summed E-state index contributed by atoms with van der Waals surface area (Å²) in [6.07, 6.45) is 2.10. The maximum Gasteiger partial charge on any atom is 0.0762 e. The molecule has 1 heterocycles. The summed E-state index contributed by atoms with van der Waals surface area (Å²) in [6, 6.07) is 3.91. The van der Waals surface area contributed by atoms with Gasteiger partial charge in [0.05, 0.1) is 11.8 Å². The lowest BCUT2D eigenvalue weighted by molar-refractivity contribution is 0.199. The van der Waals surface area contributed by atoms with Crippen molar-refractivity contribution in [2.24, 2.45) is 0 Å². The lowest BCUT2D eigenvalue weighted by Gasteiger charge is -2.18. The number of halogens is 1. The number of aliphatic hydroxyl groups excluding tert-OH is 1. The highest BCUT2D eigenvalue weighted by Gasteiger charge is 2.15. The molecule has 17 heavy (non-hydrogen) atoms. The number of benzene rings is 1. The Hall–Kier alpha value is -0.580. The molecule has 2 rings (SSSR count). The highest BCUT2D eigenvalue weighted by atomic mass is 79.9. The van der Waals surface area contributed by atoms with Gasteiger partial charge in [-0.05, 0) is 72.0 Å². The second kappa shape index (κ2) is 5.38. The van der Waals surface area contributed by atoms with E-state index in [1.807, 2.05) is 12.1 Å². The molecule has 1 unspecified atom stereocenters. The van der Waals surface area contributed by atoms with Gasteiger partial charge in [-0.2, -0.15) is 0 Å². The van der Waals surface area contributed by atoms with Gasteiger partial charge in [-0.25, -0.2) is 0 Å². The van der Waals surface area contributed by atoms with E-state index in [9.17, 15) is 5.11 Å². The van der Waals surface area contributed by atoms with E-state index in [-0.39, 0.29) is 0 Å². The first-order valence-electron chi connectivity index (χ1n) is 6.06. The van der Waals surface area contributed by atoms with Crippen molar-refractivity contribution in [2.75, 3.05) is 18.8 Å². The van der Waals surface area contributed by atoms with Gasteiger partial charge in [0.15, 0.2) is 0 Å². The summed E-state index contributed by atoms with van der Waals surface area (Å²) in [4.78, 5) is 2.41. The number of hydrogen-bond donors (Lipinski definition) is 2. The number of likely N-dealkylation sites (tertiary alicyclic amines) is 1. The molecule has 1 aliphatic heterocycles. The molecular weight excluding hydrogens is 280 g/mol. The average molecular weight is 299 g/mol. The summed E-state index contributed by atoms with van der Waals surface area (Å²) < 4.78 is 0.880. The van der Waals surface area contributed by atoms with Crippen LogP contribution in [0.2, 0.25) is 0 Å². The van der Waals surface area contributed by atoms with Crippen molar-refractivity contribution in [3.8, 4) is 0 Å². The van der Waals surface area contributed by atoms with Crippen LogP contribution in [0.15, 0.2) is 16.6 Å². The summed E-state index contributed by atoms with van der Waals surface area (Å²) in [5, 5.41) is 9.65. The fraction of sp³-hybridized carbons (Fsp3) is 0.538. The first-order valence-corrected chi connectivity index (χ1v) is 6.85. The smallest absolute Gasteiger partial charge is 0.0762 e. The molecule has 1 atom stereocenters. The minimum absolute atomic E-state index is 0.454. The largest absolute Gasteiger partial charge is 0.398 e. The van der Waals surface area contributed by atoms with E-state index < -0.39 is 6.10 Å². The molecule has 0 aromatic heterocycles. The molecule has 0 radical (unpaired) electrons. The molecule has 0 amide bonds. The predicted octanol–water partition coefficient (Wildman–Crippen LogP) is 2.68. The predicted molar refractivity (Wildman–Crippen MR) is 73.7 cm³/mol. The van der Waals surface area contributed by atoms with E-state index in [0.29, 0.717) is 0 Å². The molecule has 0 saturated carbocycles. The minimum Gasteiger partial charge on any atom is -0.398 e. The summed E-state index contributed by atoms with van der Waals surface area (Å²) >= 11 is 3.46. The van der Waals surface area contributed by atoms with Crippen LogP contribution in [0, 0.1) is 0 Å². The van der Waals surface area contributed by atoms with Crippen LogP contribution in [0.5, 0.6) is 0 Å². The SMILES string of the molecule is CC(O)c1cc(Br)c(N)c(CN2CCCC2)c1. The highest BCUT2D eigenvalue weighted by molar-refractivity contribution is 9.10. The topological polar surface area (TPSA) is 49.5 Å². The van der Waals surface area contributed by atoms with Crippen LogP contribution in [0.1, 0.15) is 37.0 Å². The Labute approximate surface area is 111 Å². The number of nitrogens with two attached hydrogens (primary N) is 1. The van der Waals surface area contributed by atoms with Gasteiger partial charge in [0.2, 0.25) is 0 Å². The van der Waals surface area contributed by atoms with Gasteiger partial charge in [-0.3, -0.25) is 4.90 Å². The molecule has 4 heteroatoms. The third-order valence-corrected chi connectivity index (χ3v) is 3.97. The Kier molecular flexibility index (Phi) is 4.07. The van der Waals surface area contributed by atoms with Gasteiger partial charge >= 0.3 is 0 Å². The zero-order valence-corrected chi connectivity index (χ0v) is 11.7. The lowest BCUT2D eigenvalue weighted by atomic mass is 10.0. The van der Waals surface area contributed by atoms with Crippen LogP contribution in [-0.4, -0.2) is 23.1 Å². The van der Waals surface area contributed by atoms with Crippen LogP contribution in [-0.2, 0) is 6.54 Å².